The van der Waals surface area contributed by atoms with E-state index in [1.54, 1.807) is 0 Å². The van der Waals surface area contributed by atoms with E-state index in [4.69, 9.17) is 11.6 Å². The highest BCUT2D eigenvalue weighted by molar-refractivity contribution is 6.32. The molecule has 4 nitrogen and oxygen atoms in total. The van der Waals surface area contributed by atoms with Crippen LogP contribution in [0.5, 0.6) is 0 Å². The lowest BCUT2D eigenvalue weighted by atomic mass is 10.1. The van der Waals surface area contributed by atoms with Crippen molar-refractivity contribution in [3.05, 3.63) is 21.6 Å². The molecule has 0 amide bonds. The van der Waals surface area contributed by atoms with Gasteiger partial charge in [0.15, 0.2) is 0 Å². The molecule has 20 heavy (non-hydrogen) atoms. The first-order valence-electron chi connectivity index (χ1n) is 6.43. The lowest BCUT2D eigenvalue weighted by molar-refractivity contribution is -0.143. The smallest absolute Gasteiger partial charge is 0.382 e. The lowest BCUT2D eigenvalue weighted by Crippen LogP contribution is -2.31. The fraction of sp³-hybridized carbons (Fsp3) is 0.667. The van der Waals surface area contributed by atoms with Crippen LogP contribution in [0.1, 0.15) is 25.7 Å². The zero-order chi connectivity index (χ0) is 14.8. The van der Waals surface area contributed by atoms with Gasteiger partial charge in [-0.25, -0.2) is 4.68 Å². The van der Waals surface area contributed by atoms with E-state index < -0.39 is 18.3 Å². The molecule has 0 aliphatic heterocycles. The molecule has 0 atom stereocenters. The Kier molecular flexibility index (Phi) is 4.57. The van der Waals surface area contributed by atoms with Gasteiger partial charge in [0.05, 0.1) is 11.9 Å². The van der Waals surface area contributed by atoms with Crippen LogP contribution in [0, 0.1) is 5.92 Å². The molecule has 8 heteroatoms. The fourth-order valence-corrected chi connectivity index (χ4v) is 2.55. The number of nitrogens with zero attached hydrogens (tertiary/aromatic N) is 2. The molecule has 112 valence electrons. The Labute approximate surface area is 118 Å². The summed E-state index contributed by atoms with van der Waals surface area (Å²) in [6.07, 6.45) is 1.27. The summed E-state index contributed by atoms with van der Waals surface area (Å²) in [5.74, 6) is 0.517. The minimum Gasteiger partial charge on any atom is -0.382 e. The van der Waals surface area contributed by atoms with Gasteiger partial charge in [-0.2, -0.15) is 18.3 Å². The van der Waals surface area contributed by atoms with Crippen molar-refractivity contribution in [1.29, 1.82) is 0 Å². The van der Waals surface area contributed by atoms with E-state index in [0.29, 0.717) is 22.8 Å². The van der Waals surface area contributed by atoms with E-state index in [0.717, 1.165) is 12.8 Å². The van der Waals surface area contributed by atoms with Gasteiger partial charge in [0.2, 0.25) is 0 Å². The van der Waals surface area contributed by atoms with Gasteiger partial charge >= 0.3 is 6.18 Å². The molecule has 0 saturated heterocycles. The molecule has 0 radical (unpaired) electrons. The van der Waals surface area contributed by atoms with Crippen LogP contribution in [-0.4, -0.2) is 22.5 Å². The van der Waals surface area contributed by atoms with Gasteiger partial charge in [0.1, 0.15) is 11.6 Å². The predicted molar refractivity (Wildman–Crippen MR) is 70.0 cm³/mol. The second-order valence-corrected chi connectivity index (χ2v) is 5.36. The summed E-state index contributed by atoms with van der Waals surface area (Å²) in [6, 6.07) is 0. The summed E-state index contributed by atoms with van der Waals surface area (Å²) in [5, 5.41) is 6.26. The Morgan fingerprint density at radius 2 is 2.05 bits per heavy atom. The monoisotopic (exact) mass is 309 g/mol. The number of rotatable bonds is 4. The number of nitrogens with one attached hydrogen (secondary N) is 1. The Morgan fingerprint density at radius 1 is 1.40 bits per heavy atom. The highest BCUT2D eigenvalue weighted by atomic mass is 35.5. The van der Waals surface area contributed by atoms with Gasteiger partial charge in [0, 0.05) is 6.54 Å². The molecule has 0 unspecified atom stereocenters. The van der Waals surface area contributed by atoms with Gasteiger partial charge in [-0.05, 0) is 18.8 Å². The van der Waals surface area contributed by atoms with Crippen molar-refractivity contribution in [1.82, 2.24) is 9.78 Å². The molecule has 0 aromatic carbocycles. The summed E-state index contributed by atoms with van der Waals surface area (Å²) in [6.45, 7) is -0.779. The van der Waals surface area contributed by atoms with Crippen LogP contribution in [0.3, 0.4) is 0 Å². The van der Waals surface area contributed by atoms with Gasteiger partial charge in [-0.15, -0.1) is 0 Å². The van der Waals surface area contributed by atoms with E-state index in [1.807, 2.05) is 0 Å². The van der Waals surface area contributed by atoms with Crippen LogP contribution >= 0.6 is 11.6 Å². The summed E-state index contributed by atoms with van der Waals surface area (Å²) in [7, 11) is 0. The maximum atomic E-state index is 12.2. The van der Waals surface area contributed by atoms with Gasteiger partial charge in [-0.1, -0.05) is 24.4 Å². The second-order valence-electron chi connectivity index (χ2n) is 4.98. The summed E-state index contributed by atoms with van der Waals surface area (Å²) >= 11 is 5.81. The van der Waals surface area contributed by atoms with Crippen LogP contribution < -0.4 is 10.9 Å². The zero-order valence-electron chi connectivity index (χ0n) is 10.7. The number of aromatic nitrogens is 2. The Bertz CT molecular complexity index is 524. The van der Waals surface area contributed by atoms with E-state index in [-0.39, 0.29) is 5.02 Å². The van der Waals surface area contributed by atoms with Crippen molar-refractivity contribution in [3.63, 3.8) is 0 Å². The van der Waals surface area contributed by atoms with Gasteiger partial charge in [0.25, 0.3) is 5.56 Å². The van der Waals surface area contributed by atoms with E-state index in [2.05, 4.69) is 10.4 Å². The molecule has 1 saturated carbocycles. The van der Waals surface area contributed by atoms with E-state index >= 15 is 0 Å². The number of anilines is 1. The quantitative estimate of drug-likeness (QED) is 0.930. The highest BCUT2D eigenvalue weighted by Gasteiger charge is 2.29. The average Bonchev–Trinajstić information content (AvgIpc) is 2.86. The van der Waals surface area contributed by atoms with E-state index in [1.165, 1.54) is 19.0 Å². The fourth-order valence-electron chi connectivity index (χ4n) is 2.34. The Hall–Kier alpha value is -1.24. The summed E-state index contributed by atoms with van der Waals surface area (Å²) in [4.78, 5) is 11.7. The van der Waals surface area contributed by atoms with Crippen LogP contribution in [0.2, 0.25) is 5.02 Å². The number of halogens is 4. The third-order valence-corrected chi connectivity index (χ3v) is 3.74. The van der Waals surface area contributed by atoms with Crippen molar-refractivity contribution in [2.75, 3.05) is 11.9 Å². The van der Waals surface area contributed by atoms with Gasteiger partial charge < -0.3 is 5.32 Å². The lowest BCUT2D eigenvalue weighted by Gasteiger charge is -2.14. The summed E-state index contributed by atoms with van der Waals surface area (Å²) < 4.78 is 37.1. The number of hydrogen-bond donors (Lipinski definition) is 1. The van der Waals surface area contributed by atoms with Gasteiger partial charge in [-0.3, -0.25) is 4.79 Å². The van der Waals surface area contributed by atoms with Crippen LogP contribution in [0.25, 0.3) is 0 Å². The molecule has 1 N–H and O–H groups in total. The van der Waals surface area contributed by atoms with Crippen LogP contribution in [-0.2, 0) is 6.54 Å². The highest BCUT2D eigenvalue weighted by Crippen LogP contribution is 2.26. The van der Waals surface area contributed by atoms with Crippen molar-refractivity contribution in [2.24, 2.45) is 5.92 Å². The molecule has 0 bridgehead atoms. The van der Waals surface area contributed by atoms with Crippen LogP contribution in [0.15, 0.2) is 11.0 Å². The molecular weight excluding hydrogens is 295 g/mol. The van der Waals surface area contributed by atoms with Crippen molar-refractivity contribution in [2.45, 2.75) is 38.4 Å². The second kappa shape index (κ2) is 6.03. The first kappa shape index (κ1) is 15.2. The Morgan fingerprint density at radius 3 is 2.65 bits per heavy atom. The molecule has 1 aliphatic rings. The van der Waals surface area contributed by atoms with Crippen LogP contribution in [0.4, 0.5) is 18.9 Å². The maximum absolute atomic E-state index is 12.2. The molecular formula is C12H15ClF3N3O. The minimum absolute atomic E-state index is 0.248. The van der Waals surface area contributed by atoms with Crippen molar-refractivity contribution in [3.8, 4) is 0 Å². The molecule has 2 rings (SSSR count). The molecule has 1 fully saturated rings. The zero-order valence-corrected chi connectivity index (χ0v) is 11.5. The first-order chi connectivity index (χ1) is 9.37. The average molecular weight is 310 g/mol. The SMILES string of the molecule is O=c1c(Cl)c(NCC2CCCC2)cnn1CC(F)(F)F. The molecule has 1 heterocycles. The number of alkyl halides is 3. The summed E-state index contributed by atoms with van der Waals surface area (Å²) in [5.41, 5.74) is -0.637. The van der Waals surface area contributed by atoms with Crippen molar-refractivity contribution < 1.29 is 13.2 Å². The largest absolute Gasteiger partial charge is 0.408 e. The third kappa shape index (κ3) is 3.88. The van der Waals surface area contributed by atoms with E-state index in [9.17, 15) is 18.0 Å². The normalized spacial score (nSPS) is 16.6. The molecule has 0 spiro atoms. The molecule has 1 aliphatic carbocycles. The third-order valence-electron chi connectivity index (χ3n) is 3.37. The predicted octanol–water partition coefficient (Wildman–Crippen LogP) is 3.06. The maximum Gasteiger partial charge on any atom is 0.408 e. The Balaban J connectivity index is 2.07. The first-order valence-corrected chi connectivity index (χ1v) is 6.81. The number of hydrogen-bond acceptors (Lipinski definition) is 3. The molecule has 1 aromatic rings. The minimum atomic E-state index is -4.50. The van der Waals surface area contributed by atoms with Crippen molar-refractivity contribution >= 4 is 17.3 Å². The standard InChI is InChI=1S/C12H15ClF3N3O/c13-10-9(17-5-8-3-1-2-4-8)6-18-19(11(10)20)7-12(14,15)16/h6,8,17H,1-5,7H2. The topological polar surface area (TPSA) is 46.9 Å². The molecule has 1 aromatic heterocycles.